The van der Waals surface area contributed by atoms with Gasteiger partial charge in [0.25, 0.3) is 0 Å². The van der Waals surface area contributed by atoms with Crippen LogP contribution in [0.2, 0.25) is 0 Å². The van der Waals surface area contributed by atoms with Gasteiger partial charge in [-0.1, -0.05) is 30.3 Å². The average molecular weight is 322 g/mol. The Kier molecular flexibility index (Phi) is 4.91. The smallest absolute Gasteiger partial charge is 0.232 e. The molecule has 5 heteroatoms. The van der Waals surface area contributed by atoms with Gasteiger partial charge in [-0.15, -0.1) is 0 Å². The topological polar surface area (TPSA) is 64.4 Å². The molecule has 5 nitrogen and oxygen atoms in total. The molecule has 0 atom stereocenters. The molecule has 0 fully saturated rings. The van der Waals surface area contributed by atoms with E-state index < -0.39 is 0 Å². The first-order chi connectivity index (χ1) is 11.7. The number of oxazole rings is 1. The van der Waals surface area contributed by atoms with Crippen molar-refractivity contribution in [3.8, 4) is 5.75 Å². The van der Waals surface area contributed by atoms with Gasteiger partial charge in [-0.2, -0.15) is 0 Å². The normalized spacial score (nSPS) is 10.4. The molecule has 0 unspecified atom stereocenters. The fraction of sp³-hybridized carbons (Fsp3) is 0.158. The minimum atomic E-state index is -0.146. The van der Waals surface area contributed by atoms with Crippen molar-refractivity contribution in [2.24, 2.45) is 0 Å². The Hall–Kier alpha value is -3.08. The molecule has 0 spiro atoms. The summed E-state index contributed by atoms with van der Waals surface area (Å²) in [6.07, 6.45) is 1.51. The summed E-state index contributed by atoms with van der Waals surface area (Å²) < 4.78 is 10.9. The van der Waals surface area contributed by atoms with Gasteiger partial charge in [-0.3, -0.25) is 4.79 Å². The van der Waals surface area contributed by atoms with E-state index in [-0.39, 0.29) is 12.3 Å². The highest BCUT2D eigenvalue weighted by atomic mass is 16.5. The van der Waals surface area contributed by atoms with E-state index in [9.17, 15) is 4.79 Å². The summed E-state index contributed by atoms with van der Waals surface area (Å²) >= 11 is 0. The van der Waals surface area contributed by atoms with Crippen LogP contribution in [0.3, 0.4) is 0 Å². The molecule has 1 heterocycles. The quantitative estimate of drug-likeness (QED) is 0.751. The lowest BCUT2D eigenvalue weighted by atomic mass is 10.2. The fourth-order valence-electron chi connectivity index (χ4n) is 2.22. The number of hydrogen-bond donors (Lipinski definition) is 1. The van der Waals surface area contributed by atoms with Crippen molar-refractivity contribution in [2.75, 3.05) is 5.32 Å². The van der Waals surface area contributed by atoms with Gasteiger partial charge in [-0.05, 0) is 36.8 Å². The second-order valence-corrected chi connectivity index (χ2v) is 5.38. The highest BCUT2D eigenvalue weighted by molar-refractivity contribution is 5.92. The van der Waals surface area contributed by atoms with E-state index in [0.29, 0.717) is 18.1 Å². The van der Waals surface area contributed by atoms with Crippen LogP contribution < -0.4 is 10.1 Å². The molecule has 0 bridgehead atoms. The van der Waals surface area contributed by atoms with E-state index >= 15 is 0 Å². The molecule has 0 aliphatic heterocycles. The first kappa shape index (κ1) is 15.8. The van der Waals surface area contributed by atoms with Crippen LogP contribution in [0.5, 0.6) is 5.75 Å². The summed E-state index contributed by atoms with van der Waals surface area (Å²) in [6.45, 7) is 2.32. The molecule has 1 amide bonds. The lowest BCUT2D eigenvalue weighted by Gasteiger charge is -2.08. The van der Waals surface area contributed by atoms with E-state index in [0.717, 1.165) is 17.0 Å². The molecule has 3 rings (SSSR count). The molecule has 122 valence electrons. The number of amides is 1. The highest BCUT2D eigenvalue weighted by Gasteiger charge is 2.10. The van der Waals surface area contributed by atoms with Gasteiger partial charge < -0.3 is 14.5 Å². The predicted octanol–water partition coefficient (Wildman–Crippen LogP) is 3.74. The van der Waals surface area contributed by atoms with Crippen LogP contribution in [-0.4, -0.2) is 10.9 Å². The largest absolute Gasteiger partial charge is 0.489 e. The molecular formula is C19H18N2O3. The first-order valence-electron chi connectivity index (χ1n) is 7.66. The molecule has 0 saturated carbocycles. The zero-order valence-electron chi connectivity index (χ0n) is 13.4. The number of nitrogens with one attached hydrogen (secondary N) is 1. The Labute approximate surface area is 140 Å². The number of nitrogens with zero attached hydrogens (tertiary/aromatic N) is 1. The van der Waals surface area contributed by atoms with Crippen molar-refractivity contribution in [3.05, 3.63) is 78.0 Å². The van der Waals surface area contributed by atoms with Crippen LogP contribution in [0.25, 0.3) is 0 Å². The Morgan fingerprint density at radius 3 is 2.54 bits per heavy atom. The number of aromatic nitrogens is 1. The maximum absolute atomic E-state index is 12.0. The summed E-state index contributed by atoms with van der Waals surface area (Å²) in [5.41, 5.74) is 2.55. The molecule has 0 aliphatic carbocycles. The summed E-state index contributed by atoms with van der Waals surface area (Å²) in [7, 11) is 0. The zero-order chi connectivity index (χ0) is 16.8. The monoisotopic (exact) mass is 322 g/mol. The summed E-state index contributed by atoms with van der Waals surface area (Å²) in [4.78, 5) is 16.0. The zero-order valence-corrected chi connectivity index (χ0v) is 13.4. The van der Waals surface area contributed by atoms with Crippen molar-refractivity contribution in [1.82, 2.24) is 4.98 Å². The van der Waals surface area contributed by atoms with Crippen LogP contribution >= 0.6 is 0 Å². The summed E-state index contributed by atoms with van der Waals surface area (Å²) in [5.74, 6) is 1.19. The second-order valence-electron chi connectivity index (χ2n) is 5.38. The molecule has 0 aliphatic rings. The molecule has 24 heavy (non-hydrogen) atoms. The second kappa shape index (κ2) is 7.46. The Bertz CT molecular complexity index is 795. The lowest BCUT2D eigenvalue weighted by molar-refractivity contribution is -0.115. The van der Waals surface area contributed by atoms with Crippen LogP contribution in [0.15, 0.2) is 65.4 Å². The number of carbonyl (C=O) groups excluding carboxylic acids is 1. The van der Waals surface area contributed by atoms with Gasteiger partial charge in [-0.25, -0.2) is 4.98 Å². The maximum Gasteiger partial charge on any atom is 0.232 e. The van der Waals surface area contributed by atoms with E-state index in [1.165, 1.54) is 6.39 Å². The van der Waals surface area contributed by atoms with Gasteiger partial charge in [0, 0.05) is 5.69 Å². The number of rotatable bonds is 6. The third-order valence-electron chi connectivity index (χ3n) is 3.55. The van der Waals surface area contributed by atoms with Crippen molar-refractivity contribution < 1.29 is 13.9 Å². The fourth-order valence-corrected chi connectivity index (χ4v) is 2.22. The number of benzene rings is 2. The van der Waals surface area contributed by atoms with Crippen LogP contribution in [0.1, 0.15) is 17.0 Å². The Morgan fingerprint density at radius 2 is 1.88 bits per heavy atom. The molecule has 1 aromatic heterocycles. The lowest BCUT2D eigenvalue weighted by Crippen LogP contribution is -2.14. The van der Waals surface area contributed by atoms with Crippen molar-refractivity contribution in [1.29, 1.82) is 0 Å². The molecule has 2 aromatic carbocycles. The minimum absolute atomic E-state index is 0.146. The predicted molar refractivity (Wildman–Crippen MR) is 90.8 cm³/mol. The molecule has 0 radical (unpaired) electrons. The minimum Gasteiger partial charge on any atom is -0.489 e. The number of ether oxygens (including phenoxy) is 1. The van der Waals surface area contributed by atoms with Gasteiger partial charge in [0.1, 0.15) is 18.1 Å². The van der Waals surface area contributed by atoms with E-state index in [2.05, 4.69) is 10.3 Å². The van der Waals surface area contributed by atoms with Crippen LogP contribution in [-0.2, 0) is 17.8 Å². The average Bonchev–Trinajstić information content (AvgIpc) is 3.00. The third kappa shape index (κ3) is 4.23. The molecule has 3 aromatic rings. The van der Waals surface area contributed by atoms with E-state index in [1.54, 1.807) is 0 Å². The Morgan fingerprint density at radius 1 is 1.12 bits per heavy atom. The maximum atomic E-state index is 12.0. The number of anilines is 1. The number of carbonyl (C=O) groups is 1. The van der Waals surface area contributed by atoms with Gasteiger partial charge >= 0.3 is 0 Å². The number of aryl methyl sites for hydroxylation is 1. The number of hydrogen-bond acceptors (Lipinski definition) is 4. The summed E-state index contributed by atoms with van der Waals surface area (Å²) in [6, 6.07) is 17.2. The third-order valence-corrected chi connectivity index (χ3v) is 3.55. The van der Waals surface area contributed by atoms with Gasteiger partial charge in [0.05, 0.1) is 12.1 Å². The van der Waals surface area contributed by atoms with Crippen molar-refractivity contribution in [3.63, 3.8) is 0 Å². The molecular weight excluding hydrogens is 304 g/mol. The van der Waals surface area contributed by atoms with Crippen LogP contribution in [0.4, 0.5) is 5.69 Å². The highest BCUT2D eigenvalue weighted by Crippen LogP contribution is 2.17. The van der Waals surface area contributed by atoms with Crippen molar-refractivity contribution in [2.45, 2.75) is 20.0 Å². The van der Waals surface area contributed by atoms with E-state index in [4.69, 9.17) is 9.15 Å². The Balaban J connectivity index is 1.52. The van der Waals surface area contributed by atoms with Gasteiger partial charge in [0.15, 0.2) is 6.39 Å². The van der Waals surface area contributed by atoms with E-state index in [1.807, 2.05) is 61.5 Å². The van der Waals surface area contributed by atoms with Crippen molar-refractivity contribution >= 4 is 11.6 Å². The van der Waals surface area contributed by atoms with Crippen LogP contribution in [0, 0.1) is 6.92 Å². The SMILES string of the molecule is Cc1ncoc1CC(=O)Nc1ccc(OCc2ccccc2)cc1. The molecule has 1 N–H and O–H groups in total. The molecule has 0 saturated heterocycles. The standard InChI is InChI=1S/C19H18N2O3/c1-14-18(24-13-20-14)11-19(22)21-16-7-9-17(10-8-16)23-12-15-5-3-2-4-6-15/h2-10,13H,11-12H2,1H3,(H,21,22). The first-order valence-corrected chi connectivity index (χ1v) is 7.66. The summed E-state index contributed by atoms with van der Waals surface area (Å²) in [5, 5.41) is 2.83. The van der Waals surface area contributed by atoms with Gasteiger partial charge in [0.2, 0.25) is 5.91 Å².